The molecule has 0 saturated heterocycles. The van der Waals surface area contributed by atoms with Crippen molar-refractivity contribution in [3.63, 3.8) is 0 Å². The Hall–Kier alpha value is -2.99. The van der Waals surface area contributed by atoms with Crippen molar-refractivity contribution in [2.75, 3.05) is 0 Å². The quantitative estimate of drug-likeness (QED) is 0.747. The highest BCUT2D eigenvalue weighted by Gasteiger charge is 2.27. The molecule has 0 spiro atoms. The first-order valence-corrected chi connectivity index (χ1v) is 8.97. The number of fused-ring (bicyclic) bond motifs is 2. The first-order chi connectivity index (χ1) is 13.0. The van der Waals surface area contributed by atoms with Gasteiger partial charge in [0.05, 0.1) is 5.52 Å². The number of carbonyl (C=O) groups is 1. The van der Waals surface area contributed by atoms with E-state index in [2.05, 4.69) is 5.32 Å². The van der Waals surface area contributed by atoms with Crippen molar-refractivity contribution in [2.24, 2.45) is 0 Å². The smallest absolute Gasteiger partial charge is 0.341 e. The lowest BCUT2D eigenvalue weighted by molar-refractivity contribution is 0.0695. The van der Waals surface area contributed by atoms with Crippen LogP contribution in [0.25, 0.3) is 22.0 Å². The molecule has 0 radical (unpaired) electrons. The number of aromatic nitrogens is 1. The third kappa shape index (κ3) is 2.56. The van der Waals surface area contributed by atoms with Gasteiger partial charge in [-0.25, -0.2) is 9.18 Å². The van der Waals surface area contributed by atoms with Gasteiger partial charge in [0.1, 0.15) is 11.4 Å². The van der Waals surface area contributed by atoms with Crippen LogP contribution in [0.15, 0.2) is 41.3 Å². The van der Waals surface area contributed by atoms with Gasteiger partial charge in [-0.15, -0.1) is 0 Å². The number of halogens is 1. The second kappa shape index (κ2) is 5.76. The summed E-state index contributed by atoms with van der Waals surface area (Å²) in [6, 6.07) is 8.99. The van der Waals surface area contributed by atoms with Crippen molar-refractivity contribution in [3.05, 3.63) is 69.3 Å². The summed E-state index contributed by atoms with van der Waals surface area (Å²) in [7, 11) is 0. The Labute approximate surface area is 154 Å². The fraction of sp³-hybridized carbons (Fsp3) is 0.238. The van der Waals surface area contributed by atoms with Gasteiger partial charge in [-0.2, -0.15) is 0 Å². The van der Waals surface area contributed by atoms with Crippen LogP contribution in [0.4, 0.5) is 4.39 Å². The highest BCUT2D eigenvalue weighted by Crippen LogP contribution is 2.38. The predicted molar refractivity (Wildman–Crippen MR) is 99.4 cm³/mol. The molecule has 2 heterocycles. The minimum atomic E-state index is -1.21. The van der Waals surface area contributed by atoms with E-state index in [1.807, 2.05) is 16.7 Å². The molecular formula is C21H17FN2O3. The summed E-state index contributed by atoms with van der Waals surface area (Å²) in [5.74, 6) is -1.44. The van der Waals surface area contributed by atoms with Gasteiger partial charge in [0.25, 0.3) is 0 Å². The first-order valence-electron chi connectivity index (χ1n) is 8.97. The number of hydrogen-bond donors (Lipinski definition) is 2. The Bertz CT molecular complexity index is 1180. The van der Waals surface area contributed by atoms with Gasteiger partial charge >= 0.3 is 5.97 Å². The van der Waals surface area contributed by atoms with Crippen molar-refractivity contribution in [2.45, 2.75) is 32.0 Å². The number of carboxylic acid groups (broad SMARTS) is 1. The molecule has 1 aromatic heterocycles. The number of nitrogens with zero attached hydrogens (tertiary/aromatic N) is 1. The lowest BCUT2D eigenvalue weighted by Gasteiger charge is -2.13. The summed E-state index contributed by atoms with van der Waals surface area (Å²) in [6.07, 6.45) is 3.36. The molecule has 1 aliphatic heterocycles. The molecule has 5 rings (SSSR count). The van der Waals surface area contributed by atoms with Crippen LogP contribution in [0.2, 0.25) is 0 Å². The summed E-state index contributed by atoms with van der Waals surface area (Å²) in [6.45, 7) is 1.18. The van der Waals surface area contributed by atoms with E-state index >= 15 is 0 Å². The fourth-order valence-electron chi connectivity index (χ4n) is 3.87. The average molecular weight is 364 g/mol. The van der Waals surface area contributed by atoms with Crippen LogP contribution in [0, 0.1) is 5.82 Å². The lowest BCUT2D eigenvalue weighted by atomic mass is 9.98. The highest BCUT2D eigenvalue weighted by molar-refractivity contribution is 5.94. The van der Waals surface area contributed by atoms with Crippen molar-refractivity contribution < 1.29 is 14.3 Å². The van der Waals surface area contributed by atoms with Gasteiger partial charge in [-0.3, -0.25) is 4.79 Å². The largest absolute Gasteiger partial charge is 0.477 e. The fourth-order valence-corrected chi connectivity index (χ4v) is 3.87. The normalized spacial score (nSPS) is 15.9. The number of nitrogens with one attached hydrogen (secondary N) is 1. The van der Waals surface area contributed by atoms with Gasteiger partial charge in [0.15, 0.2) is 0 Å². The number of aromatic carboxylic acids is 1. The number of benzene rings is 2. The molecule has 5 nitrogen and oxygen atoms in total. The van der Waals surface area contributed by atoms with E-state index in [0.29, 0.717) is 29.6 Å². The Morgan fingerprint density at radius 2 is 1.96 bits per heavy atom. The molecule has 0 atom stereocenters. The van der Waals surface area contributed by atoms with E-state index in [0.717, 1.165) is 29.5 Å². The first kappa shape index (κ1) is 16.2. The van der Waals surface area contributed by atoms with E-state index in [-0.39, 0.29) is 17.4 Å². The summed E-state index contributed by atoms with van der Waals surface area (Å²) in [5.41, 5.74) is 3.24. The lowest BCUT2D eigenvalue weighted by Crippen LogP contribution is -2.18. The van der Waals surface area contributed by atoms with Crippen LogP contribution in [0.5, 0.6) is 0 Å². The van der Waals surface area contributed by atoms with Gasteiger partial charge in [-0.05, 0) is 53.8 Å². The standard InChI is InChI=1S/C21H17FN2O3/c22-18-6-12(5-13-8-23-9-16(13)18)11-1-4-15-19(7-11)24(14-2-3-14)10-17(20(15)25)21(26)27/h1,4-7,10,14,23H,2-3,8-9H2,(H,26,27). The zero-order valence-electron chi connectivity index (χ0n) is 14.5. The Morgan fingerprint density at radius 1 is 1.15 bits per heavy atom. The second-order valence-corrected chi connectivity index (χ2v) is 7.25. The van der Waals surface area contributed by atoms with Crippen LogP contribution >= 0.6 is 0 Å². The minimum absolute atomic E-state index is 0.211. The third-order valence-corrected chi connectivity index (χ3v) is 5.44. The molecule has 1 aliphatic carbocycles. The van der Waals surface area contributed by atoms with Crippen molar-refractivity contribution in [3.8, 4) is 11.1 Å². The van der Waals surface area contributed by atoms with Crippen LogP contribution < -0.4 is 10.7 Å². The van der Waals surface area contributed by atoms with Gasteiger partial charge < -0.3 is 15.0 Å². The molecule has 0 unspecified atom stereocenters. The van der Waals surface area contributed by atoms with Crippen molar-refractivity contribution in [1.29, 1.82) is 0 Å². The predicted octanol–water partition coefficient (Wildman–Crippen LogP) is 3.44. The Morgan fingerprint density at radius 3 is 2.70 bits per heavy atom. The van der Waals surface area contributed by atoms with E-state index in [4.69, 9.17) is 0 Å². The molecule has 0 amide bonds. The number of carboxylic acids is 1. The van der Waals surface area contributed by atoms with E-state index in [1.165, 1.54) is 12.3 Å². The summed E-state index contributed by atoms with van der Waals surface area (Å²) >= 11 is 0. The van der Waals surface area contributed by atoms with Crippen LogP contribution in [-0.4, -0.2) is 15.6 Å². The number of hydrogen-bond acceptors (Lipinski definition) is 3. The average Bonchev–Trinajstić information content (AvgIpc) is 3.37. The molecule has 27 heavy (non-hydrogen) atoms. The summed E-state index contributed by atoms with van der Waals surface area (Å²) in [5, 5.41) is 12.9. The van der Waals surface area contributed by atoms with E-state index in [1.54, 1.807) is 12.1 Å². The van der Waals surface area contributed by atoms with Crippen molar-refractivity contribution in [1.82, 2.24) is 9.88 Å². The summed E-state index contributed by atoms with van der Waals surface area (Å²) in [4.78, 5) is 24.0. The minimum Gasteiger partial charge on any atom is -0.477 e. The molecule has 2 N–H and O–H groups in total. The topological polar surface area (TPSA) is 71.3 Å². The van der Waals surface area contributed by atoms with Gasteiger partial charge in [0.2, 0.25) is 5.43 Å². The monoisotopic (exact) mass is 364 g/mol. The molecule has 2 aliphatic rings. The molecule has 136 valence electrons. The molecular weight excluding hydrogens is 347 g/mol. The van der Waals surface area contributed by atoms with E-state index in [9.17, 15) is 19.1 Å². The van der Waals surface area contributed by atoms with Crippen LogP contribution in [-0.2, 0) is 13.1 Å². The SMILES string of the molecule is O=C(O)c1cn(C2CC2)c2cc(-c3cc(F)c4c(c3)CNC4)ccc2c1=O. The summed E-state index contributed by atoms with van der Waals surface area (Å²) < 4.78 is 16.3. The zero-order valence-corrected chi connectivity index (χ0v) is 14.5. The van der Waals surface area contributed by atoms with E-state index < -0.39 is 11.4 Å². The Balaban J connectivity index is 1.73. The number of rotatable bonds is 3. The molecule has 0 bridgehead atoms. The molecule has 1 saturated carbocycles. The Kier molecular flexibility index (Phi) is 3.45. The second-order valence-electron chi connectivity index (χ2n) is 7.25. The third-order valence-electron chi connectivity index (χ3n) is 5.44. The van der Waals surface area contributed by atoms with Crippen molar-refractivity contribution >= 4 is 16.9 Å². The van der Waals surface area contributed by atoms with Gasteiger partial charge in [0, 0.05) is 36.3 Å². The van der Waals surface area contributed by atoms with Crippen LogP contribution in [0.1, 0.15) is 40.4 Å². The van der Waals surface area contributed by atoms with Crippen LogP contribution in [0.3, 0.4) is 0 Å². The molecule has 6 heteroatoms. The van der Waals surface area contributed by atoms with Gasteiger partial charge in [-0.1, -0.05) is 6.07 Å². The maximum atomic E-state index is 14.4. The zero-order chi connectivity index (χ0) is 18.7. The molecule has 1 fully saturated rings. The highest BCUT2D eigenvalue weighted by atomic mass is 19.1. The maximum Gasteiger partial charge on any atom is 0.341 e. The number of pyridine rings is 1. The molecule has 2 aromatic carbocycles. The molecule has 3 aromatic rings. The maximum absolute atomic E-state index is 14.4.